The molecule has 0 saturated carbocycles. The zero-order valence-corrected chi connectivity index (χ0v) is 10.7. The van der Waals surface area contributed by atoms with Gasteiger partial charge in [-0.25, -0.2) is 0 Å². The largest absolute Gasteiger partial charge is 0.427 e. The number of aryl methyl sites for hydroxylation is 1. The van der Waals surface area contributed by atoms with E-state index in [1.807, 2.05) is 24.3 Å². The molecule has 0 bridgehead atoms. The van der Waals surface area contributed by atoms with Crippen molar-refractivity contribution >= 4 is 5.97 Å². The van der Waals surface area contributed by atoms with Crippen LogP contribution in [0.5, 0.6) is 5.75 Å². The maximum atomic E-state index is 10.9. The van der Waals surface area contributed by atoms with Crippen LogP contribution in [0.25, 0.3) is 0 Å². The van der Waals surface area contributed by atoms with Crippen LogP contribution in [0.15, 0.2) is 24.3 Å². The molecule has 0 aromatic heterocycles. The second-order valence-corrected chi connectivity index (χ2v) is 3.53. The summed E-state index contributed by atoms with van der Waals surface area (Å²) in [5.41, 5.74) is 1.25. The Hall–Kier alpha value is -1.31. The number of hydrogen-bond donors (Lipinski definition) is 0. The van der Waals surface area contributed by atoms with Crippen LogP contribution < -0.4 is 4.74 Å². The van der Waals surface area contributed by atoms with Crippen molar-refractivity contribution in [3.05, 3.63) is 29.8 Å². The molecule has 0 fully saturated rings. The summed E-state index contributed by atoms with van der Waals surface area (Å²) in [4.78, 5) is 10.9. The maximum absolute atomic E-state index is 10.9. The van der Waals surface area contributed by atoms with Crippen LogP contribution in [-0.2, 0) is 11.2 Å². The molecule has 0 aliphatic heterocycles. The molecule has 0 heterocycles. The topological polar surface area (TPSA) is 26.3 Å². The summed E-state index contributed by atoms with van der Waals surface area (Å²) in [6.45, 7) is 8.12. The number of carbonyl (C=O) groups excluding carboxylic acids is 1. The van der Waals surface area contributed by atoms with Crippen molar-refractivity contribution in [2.24, 2.45) is 0 Å². The lowest BCUT2D eigenvalue weighted by Crippen LogP contribution is -2.05. The van der Waals surface area contributed by atoms with E-state index in [9.17, 15) is 4.79 Å². The normalized spacial score (nSPS) is 9.00. The third-order valence-corrected chi connectivity index (χ3v) is 1.85. The zero-order valence-electron chi connectivity index (χ0n) is 10.7. The third-order valence-electron chi connectivity index (χ3n) is 1.85. The first kappa shape index (κ1) is 14.7. The standard InChI is InChI=1S/C11H14O2.C3H8/c1-3-9-5-7-10(8-6-9)13-11(12)4-2;1-3-2/h5-8H,3-4H2,1-2H3;3H2,1-2H3. The van der Waals surface area contributed by atoms with Crippen LogP contribution in [0.3, 0.4) is 0 Å². The quantitative estimate of drug-likeness (QED) is 0.571. The van der Waals surface area contributed by atoms with Crippen molar-refractivity contribution in [1.29, 1.82) is 0 Å². The van der Waals surface area contributed by atoms with Gasteiger partial charge in [0.15, 0.2) is 0 Å². The van der Waals surface area contributed by atoms with Crippen LogP contribution in [0.1, 0.15) is 46.1 Å². The van der Waals surface area contributed by atoms with Crippen LogP contribution in [0.4, 0.5) is 0 Å². The minimum Gasteiger partial charge on any atom is -0.427 e. The highest BCUT2D eigenvalue weighted by atomic mass is 16.5. The van der Waals surface area contributed by atoms with Gasteiger partial charge in [0.1, 0.15) is 5.75 Å². The summed E-state index contributed by atoms with van der Waals surface area (Å²) in [6, 6.07) is 7.59. The Morgan fingerprint density at radius 3 is 1.94 bits per heavy atom. The van der Waals surface area contributed by atoms with Crippen LogP contribution >= 0.6 is 0 Å². The summed E-state index contributed by atoms with van der Waals surface area (Å²) in [5, 5.41) is 0. The molecule has 0 aliphatic rings. The summed E-state index contributed by atoms with van der Waals surface area (Å²) in [6.07, 6.45) is 2.66. The van der Waals surface area contributed by atoms with Crippen molar-refractivity contribution in [1.82, 2.24) is 0 Å². The average molecular weight is 222 g/mol. The van der Waals surface area contributed by atoms with Gasteiger partial charge >= 0.3 is 5.97 Å². The van der Waals surface area contributed by atoms with Gasteiger partial charge in [0, 0.05) is 6.42 Å². The number of ether oxygens (including phenoxy) is 1. The lowest BCUT2D eigenvalue weighted by atomic mass is 10.2. The van der Waals surface area contributed by atoms with Gasteiger partial charge < -0.3 is 4.74 Å². The molecule has 2 nitrogen and oxygen atoms in total. The predicted molar refractivity (Wildman–Crippen MR) is 67.7 cm³/mol. The van der Waals surface area contributed by atoms with Crippen molar-refractivity contribution in [2.75, 3.05) is 0 Å². The van der Waals surface area contributed by atoms with E-state index >= 15 is 0 Å². The highest BCUT2D eigenvalue weighted by molar-refractivity contribution is 5.71. The van der Waals surface area contributed by atoms with Crippen molar-refractivity contribution in [3.63, 3.8) is 0 Å². The number of hydrogen-bond acceptors (Lipinski definition) is 2. The molecule has 0 radical (unpaired) electrons. The minimum absolute atomic E-state index is 0.191. The molecule has 90 valence electrons. The van der Waals surface area contributed by atoms with E-state index in [0.717, 1.165) is 6.42 Å². The SMILES string of the molecule is CCC.CCC(=O)Oc1ccc(CC)cc1. The van der Waals surface area contributed by atoms with Crippen molar-refractivity contribution < 1.29 is 9.53 Å². The maximum Gasteiger partial charge on any atom is 0.310 e. The van der Waals surface area contributed by atoms with Gasteiger partial charge in [-0.2, -0.15) is 0 Å². The van der Waals surface area contributed by atoms with Gasteiger partial charge in [-0.1, -0.05) is 46.2 Å². The van der Waals surface area contributed by atoms with E-state index in [1.54, 1.807) is 6.92 Å². The Labute approximate surface area is 98.6 Å². The van der Waals surface area contributed by atoms with Crippen molar-refractivity contribution in [3.8, 4) is 5.75 Å². The van der Waals surface area contributed by atoms with Gasteiger partial charge in [-0.3, -0.25) is 4.79 Å². The first-order valence-electron chi connectivity index (χ1n) is 5.97. The first-order valence-corrected chi connectivity index (χ1v) is 5.97. The van der Waals surface area contributed by atoms with Crippen LogP contribution in [0.2, 0.25) is 0 Å². The minimum atomic E-state index is -0.191. The average Bonchev–Trinajstić information content (AvgIpc) is 2.31. The highest BCUT2D eigenvalue weighted by Gasteiger charge is 2.00. The van der Waals surface area contributed by atoms with Gasteiger partial charge in [0.2, 0.25) is 0 Å². The molecule has 0 unspecified atom stereocenters. The Balaban J connectivity index is 0.000000673. The number of esters is 1. The molecule has 16 heavy (non-hydrogen) atoms. The highest BCUT2D eigenvalue weighted by Crippen LogP contribution is 2.12. The molecule has 0 atom stereocenters. The van der Waals surface area contributed by atoms with Gasteiger partial charge in [-0.05, 0) is 24.1 Å². The Bertz CT molecular complexity index is 288. The molecule has 0 spiro atoms. The van der Waals surface area contributed by atoms with E-state index in [2.05, 4.69) is 20.8 Å². The van der Waals surface area contributed by atoms with Crippen LogP contribution in [-0.4, -0.2) is 5.97 Å². The summed E-state index contributed by atoms with van der Waals surface area (Å²) in [5.74, 6) is 0.438. The van der Waals surface area contributed by atoms with E-state index in [4.69, 9.17) is 4.74 Å². The smallest absolute Gasteiger partial charge is 0.310 e. The lowest BCUT2D eigenvalue weighted by Gasteiger charge is -2.02. The monoisotopic (exact) mass is 222 g/mol. The Morgan fingerprint density at radius 1 is 1.06 bits per heavy atom. The molecule has 1 aromatic carbocycles. The third kappa shape index (κ3) is 6.23. The fraction of sp³-hybridized carbons (Fsp3) is 0.500. The second-order valence-electron chi connectivity index (χ2n) is 3.53. The predicted octanol–water partition coefficient (Wildman–Crippen LogP) is 3.98. The van der Waals surface area contributed by atoms with Gasteiger partial charge in [-0.15, -0.1) is 0 Å². The van der Waals surface area contributed by atoms with E-state index in [1.165, 1.54) is 12.0 Å². The fourth-order valence-electron chi connectivity index (χ4n) is 0.997. The van der Waals surface area contributed by atoms with E-state index in [0.29, 0.717) is 12.2 Å². The molecular weight excluding hydrogens is 200 g/mol. The number of carbonyl (C=O) groups is 1. The summed E-state index contributed by atoms with van der Waals surface area (Å²) in [7, 11) is 0. The van der Waals surface area contributed by atoms with Crippen LogP contribution in [0, 0.1) is 0 Å². The molecule has 0 aliphatic carbocycles. The summed E-state index contributed by atoms with van der Waals surface area (Å²) >= 11 is 0. The molecule has 1 rings (SSSR count). The molecule has 1 aromatic rings. The molecular formula is C14H22O2. The Morgan fingerprint density at radius 2 is 1.56 bits per heavy atom. The molecule has 0 saturated heterocycles. The summed E-state index contributed by atoms with van der Waals surface area (Å²) < 4.78 is 5.02. The number of benzene rings is 1. The van der Waals surface area contributed by atoms with E-state index < -0.39 is 0 Å². The zero-order chi connectivity index (χ0) is 12.4. The second kappa shape index (κ2) is 8.96. The first-order chi connectivity index (χ1) is 7.67. The van der Waals surface area contributed by atoms with Gasteiger partial charge in [0.05, 0.1) is 0 Å². The molecule has 2 heteroatoms. The molecule has 0 amide bonds. The fourth-order valence-corrected chi connectivity index (χ4v) is 0.997. The van der Waals surface area contributed by atoms with Gasteiger partial charge in [0.25, 0.3) is 0 Å². The van der Waals surface area contributed by atoms with Crippen molar-refractivity contribution in [2.45, 2.75) is 47.0 Å². The number of rotatable bonds is 3. The van der Waals surface area contributed by atoms with E-state index in [-0.39, 0.29) is 5.97 Å². The molecule has 0 N–H and O–H groups in total. The lowest BCUT2D eigenvalue weighted by molar-refractivity contribution is -0.134. The Kier molecular flexibility index (Phi) is 8.22.